The number of aryl methyl sites for hydroxylation is 2. The second-order valence-electron chi connectivity index (χ2n) is 4.86. The van der Waals surface area contributed by atoms with Crippen molar-refractivity contribution in [2.75, 3.05) is 12.4 Å². The van der Waals surface area contributed by atoms with Gasteiger partial charge in [-0.05, 0) is 36.4 Å². The van der Waals surface area contributed by atoms with E-state index in [0.717, 1.165) is 27.4 Å². The lowest BCUT2D eigenvalue weighted by molar-refractivity contribution is 0.339. The van der Waals surface area contributed by atoms with Gasteiger partial charge < -0.3 is 4.74 Å². The van der Waals surface area contributed by atoms with Crippen LogP contribution in [-0.2, 0) is 0 Å². The van der Waals surface area contributed by atoms with Crippen molar-refractivity contribution in [1.82, 2.24) is 15.2 Å². The smallest absolute Gasteiger partial charge is 0.208 e. The van der Waals surface area contributed by atoms with E-state index in [1.807, 2.05) is 23.6 Å². The number of para-hydroxylation sites is 1. The van der Waals surface area contributed by atoms with Crippen molar-refractivity contribution in [2.45, 2.75) is 19.0 Å². The zero-order chi connectivity index (χ0) is 15.4. The molecule has 0 amide bonds. The van der Waals surface area contributed by atoms with Gasteiger partial charge in [0.15, 0.2) is 5.82 Å². The van der Waals surface area contributed by atoms with Crippen molar-refractivity contribution < 1.29 is 4.74 Å². The Kier molecular flexibility index (Phi) is 4.80. The van der Waals surface area contributed by atoms with Crippen LogP contribution in [0.15, 0.2) is 40.9 Å². The molecule has 0 radical (unpaired) electrons. The fraction of sp³-hybridized carbons (Fsp3) is 0.250. The van der Waals surface area contributed by atoms with Crippen molar-refractivity contribution >= 4 is 23.1 Å². The van der Waals surface area contributed by atoms with Crippen LogP contribution in [-0.4, -0.2) is 27.5 Å². The Morgan fingerprint density at radius 3 is 2.73 bits per heavy atom. The van der Waals surface area contributed by atoms with E-state index >= 15 is 0 Å². The van der Waals surface area contributed by atoms with E-state index in [4.69, 9.17) is 4.74 Å². The first-order valence-electron chi connectivity index (χ1n) is 7.02. The SMILES string of the molecule is Cc1cccc(C)c1OCCSc1n[nH]c(-c2cccs2)n1. The molecule has 0 unspecified atom stereocenters. The van der Waals surface area contributed by atoms with Crippen LogP contribution < -0.4 is 4.74 Å². The first-order valence-corrected chi connectivity index (χ1v) is 8.88. The summed E-state index contributed by atoms with van der Waals surface area (Å²) < 4.78 is 5.88. The van der Waals surface area contributed by atoms with Gasteiger partial charge in [-0.1, -0.05) is 36.0 Å². The summed E-state index contributed by atoms with van der Waals surface area (Å²) in [4.78, 5) is 5.59. The number of aromatic nitrogens is 3. The van der Waals surface area contributed by atoms with Gasteiger partial charge in [0, 0.05) is 5.75 Å². The van der Waals surface area contributed by atoms with Crippen LogP contribution in [0.3, 0.4) is 0 Å². The van der Waals surface area contributed by atoms with E-state index in [9.17, 15) is 0 Å². The Hall–Kier alpha value is -1.79. The quantitative estimate of drug-likeness (QED) is 0.540. The predicted molar refractivity (Wildman–Crippen MR) is 91.8 cm³/mol. The van der Waals surface area contributed by atoms with Gasteiger partial charge in [0.05, 0.1) is 11.5 Å². The molecule has 2 aromatic heterocycles. The Bertz CT molecular complexity index is 717. The number of nitrogens with zero attached hydrogens (tertiary/aromatic N) is 2. The Morgan fingerprint density at radius 1 is 1.18 bits per heavy atom. The molecule has 6 heteroatoms. The van der Waals surface area contributed by atoms with Gasteiger partial charge in [-0.2, -0.15) is 0 Å². The van der Waals surface area contributed by atoms with Gasteiger partial charge >= 0.3 is 0 Å². The summed E-state index contributed by atoms with van der Waals surface area (Å²) in [7, 11) is 0. The number of hydrogen-bond acceptors (Lipinski definition) is 5. The van der Waals surface area contributed by atoms with Crippen LogP contribution in [0.25, 0.3) is 10.7 Å². The molecule has 3 rings (SSSR count). The van der Waals surface area contributed by atoms with E-state index in [1.54, 1.807) is 23.1 Å². The van der Waals surface area contributed by atoms with E-state index in [-0.39, 0.29) is 0 Å². The predicted octanol–water partition coefficient (Wildman–Crippen LogP) is 4.32. The van der Waals surface area contributed by atoms with Crippen LogP contribution in [0.2, 0.25) is 0 Å². The van der Waals surface area contributed by atoms with E-state index in [0.29, 0.717) is 6.61 Å². The monoisotopic (exact) mass is 331 g/mol. The van der Waals surface area contributed by atoms with E-state index in [1.165, 1.54) is 11.1 Å². The molecule has 0 aliphatic carbocycles. The summed E-state index contributed by atoms with van der Waals surface area (Å²) in [6.45, 7) is 4.77. The molecule has 0 aliphatic heterocycles. The molecule has 3 aromatic rings. The molecule has 0 saturated carbocycles. The fourth-order valence-corrected chi connectivity index (χ4v) is 3.42. The number of thioether (sulfide) groups is 1. The minimum absolute atomic E-state index is 0.638. The number of thiophene rings is 1. The minimum atomic E-state index is 0.638. The highest BCUT2D eigenvalue weighted by Gasteiger charge is 2.07. The Balaban J connectivity index is 1.51. The minimum Gasteiger partial charge on any atom is -0.492 e. The largest absolute Gasteiger partial charge is 0.492 e. The highest BCUT2D eigenvalue weighted by atomic mass is 32.2. The third-order valence-corrected chi connectivity index (χ3v) is 4.88. The zero-order valence-electron chi connectivity index (χ0n) is 12.5. The molecule has 2 heterocycles. The van der Waals surface area contributed by atoms with E-state index in [2.05, 4.69) is 41.2 Å². The topological polar surface area (TPSA) is 50.8 Å². The third kappa shape index (κ3) is 3.51. The van der Waals surface area contributed by atoms with Gasteiger partial charge in [0.1, 0.15) is 5.75 Å². The molecule has 0 atom stereocenters. The first kappa shape index (κ1) is 15.1. The third-order valence-electron chi connectivity index (χ3n) is 3.19. The molecule has 0 fully saturated rings. The summed E-state index contributed by atoms with van der Waals surface area (Å²) in [5.41, 5.74) is 2.34. The molecule has 0 saturated heterocycles. The fourth-order valence-electron chi connectivity index (χ4n) is 2.14. The lowest BCUT2D eigenvalue weighted by Crippen LogP contribution is -2.03. The number of nitrogens with one attached hydrogen (secondary N) is 1. The van der Waals surface area contributed by atoms with Gasteiger partial charge in [-0.15, -0.1) is 16.4 Å². The molecule has 22 heavy (non-hydrogen) atoms. The van der Waals surface area contributed by atoms with Gasteiger partial charge in [-0.3, -0.25) is 5.10 Å². The van der Waals surface area contributed by atoms with Crippen LogP contribution >= 0.6 is 23.1 Å². The van der Waals surface area contributed by atoms with Crippen LogP contribution in [0.5, 0.6) is 5.75 Å². The average molecular weight is 331 g/mol. The first-order chi connectivity index (χ1) is 10.7. The molecule has 1 aromatic carbocycles. The number of ether oxygens (including phenoxy) is 1. The highest BCUT2D eigenvalue weighted by molar-refractivity contribution is 7.99. The van der Waals surface area contributed by atoms with Gasteiger partial charge in [-0.25, -0.2) is 4.98 Å². The Labute approximate surface area is 137 Å². The molecular weight excluding hydrogens is 314 g/mol. The van der Waals surface area contributed by atoms with Crippen molar-refractivity contribution in [3.63, 3.8) is 0 Å². The number of hydrogen-bond donors (Lipinski definition) is 1. The summed E-state index contributed by atoms with van der Waals surface area (Å²) >= 11 is 3.25. The lowest BCUT2D eigenvalue weighted by atomic mass is 10.1. The summed E-state index contributed by atoms with van der Waals surface area (Å²) in [6.07, 6.45) is 0. The van der Waals surface area contributed by atoms with Crippen molar-refractivity contribution in [2.24, 2.45) is 0 Å². The van der Waals surface area contributed by atoms with Crippen molar-refractivity contribution in [1.29, 1.82) is 0 Å². The second kappa shape index (κ2) is 6.98. The maximum absolute atomic E-state index is 5.88. The molecule has 0 bridgehead atoms. The number of benzene rings is 1. The standard InChI is InChI=1S/C16H17N3OS2/c1-11-5-3-6-12(2)14(11)20-8-10-22-16-17-15(18-19-16)13-7-4-9-21-13/h3-7,9H,8,10H2,1-2H3,(H,17,18,19). The van der Waals surface area contributed by atoms with Crippen LogP contribution in [0, 0.1) is 13.8 Å². The number of aromatic amines is 1. The molecule has 0 aliphatic rings. The molecule has 0 spiro atoms. The normalized spacial score (nSPS) is 10.8. The van der Waals surface area contributed by atoms with Crippen LogP contribution in [0.4, 0.5) is 0 Å². The lowest BCUT2D eigenvalue weighted by Gasteiger charge is -2.10. The van der Waals surface area contributed by atoms with E-state index < -0.39 is 0 Å². The maximum atomic E-state index is 5.88. The molecule has 1 N–H and O–H groups in total. The van der Waals surface area contributed by atoms with Crippen molar-refractivity contribution in [3.05, 3.63) is 46.8 Å². The van der Waals surface area contributed by atoms with Crippen LogP contribution in [0.1, 0.15) is 11.1 Å². The molecular formula is C16H17N3OS2. The maximum Gasteiger partial charge on any atom is 0.208 e. The average Bonchev–Trinajstić information content (AvgIpc) is 3.17. The molecule has 4 nitrogen and oxygen atoms in total. The van der Waals surface area contributed by atoms with Gasteiger partial charge in [0.2, 0.25) is 5.16 Å². The Morgan fingerprint density at radius 2 is 2.00 bits per heavy atom. The summed E-state index contributed by atoms with van der Waals surface area (Å²) in [5.74, 6) is 2.63. The van der Waals surface area contributed by atoms with Gasteiger partial charge in [0.25, 0.3) is 0 Å². The zero-order valence-corrected chi connectivity index (χ0v) is 14.1. The number of rotatable bonds is 6. The summed E-state index contributed by atoms with van der Waals surface area (Å²) in [6, 6.07) is 10.2. The summed E-state index contributed by atoms with van der Waals surface area (Å²) in [5, 5.41) is 9.99. The highest BCUT2D eigenvalue weighted by Crippen LogP contribution is 2.24. The second-order valence-corrected chi connectivity index (χ2v) is 6.87. The van der Waals surface area contributed by atoms with Crippen molar-refractivity contribution in [3.8, 4) is 16.5 Å². The number of H-pyrrole nitrogens is 1. The molecule has 114 valence electrons.